The molecule has 0 aliphatic carbocycles. The number of piperidine rings is 1. The standard InChI is InChI=1S/C26H22N4O4/c27-24(32)23-17(3-2-12-28-23)13-15-6-8-16(9-7-15)18-4-1-5-19-20(18)14-30(26(19)34)21-10-11-22(31)29-25(21)33/h1-9,12,21H,10-11,13-14H2,(H2,27,32)(H,29,31,33). The zero-order valence-corrected chi connectivity index (χ0v) is 18.3. The number of hydrogen-bond acceptors (Lipinski definition) is 5. The summed E-state index contributed by atoms with van der Waals surface area (Å²) in [6.45, 7) is 0.316. The SMILES string of the molecule is NC(=O)c1ncccc1Cc1ccc(-c2cccc3c2CN(C2CCC(=O)NC2=O)C3=O)cc1. The Kier molecular flexibility index (Phi) is 5.41. The maximum Gasteiger partial charge on any atom is 0.267 e. The fourth-order valence-corrected chi connectivity index (χ4v) is 4.68. The molecule has 1 fully saturated rings. The molecule has 2 aliphatic heterocycles. The minimum absolute atomic E-state index is 0.196. The second kappa shape index (κ2) is 8.55. The van der Waals surface area contributed by atoms with Gasteiger partial charge in [0.2, 0.25) is 11.8 Å². The lowest BCUT2D eigenvalue weighted by Gasteiger charge is -2.29. The molecule has 1 atom stereocenters. The minimum atomic E-state index is -0.647. The van der Waals surface area contributed by atoms with E-state index < -0.39 is 17.9 Å². The Morgan fingerprint density at radius 3 is 2.53 bits per heavy atom. The van der Waals surface area contributed by atoms with Crippen LogP contribution in [0.1, 0.15) is 50.4 Å². The van der Waals surface area contributed by atoms with E-state index in [0.717, 1.165) is 27.8 Å². The largest absolute Gasteiger partial charge is 0.364 e. The van der Waals surface area contributed by atoms with Crippen molar-refractivity contribution in [3.8, 4) is 11.1 Å². The first-order valence-corrected chi connectivity index (χ1v) is 11.0. The highest BCUT2D eigenvalue weighted by molar-refractivity contribution is 6.06. The van der Waals surface area contributed by atoms with Crippen LogP contribution in [-0.2, 0) is 22.6 Å². The Bertz CT molecular complexity index is 1330. The van der Waals surface area contributed by atoms with Crippen molar-refractivity contribution in [1.82, 2.24) is 15.2 Å². The van der Waals surface area contributed by atoms with Gasteiger partial charge in [0.1, 0.15) is 11.7 Å². The normalized spacial score (nSPS) is 17.5. The first kappa shape index (κ1) is 21.5. The van der Waals surface area contributed by atoms with Crippen LogP contribution >= 0.6 is 0 Å². The van der Waals surface area contributed by atoms with Crippen LogP contribution in [0, 0.1) is 0 Å². The van der Waals surface area contributed by atoms with Gasteiger partial charge < -0.3 is 10.6 Å². The van der Waals surface area contributed by atoms with Crippen molar-refractivity contribution in [2.75, 3.05) is 0 Å². The summed E-state index contributed by atoms with van der Waals surface area (Å²) < 4.78 is 0. The van der Waals surface area contributed by atoms with Gasteiger partial charge in [0.15, 0.2) is 0 Å². The summed E-state index contributed by atoms with van der Waals surface area (Å²) in [5.74, 6) is -1.48. The zero-order valence-electron chi connectivity index (χ0n) is 18.3. The lowest BCUT2D eigenvalue weighted by Crippen LogP contribution is -2.52. The number of imide groups is 1. The Morgan fingerprint density at radius 2 is 1.79 bits per heavy atom. The average molecular weight is 454 g/mol. The minimum Gasteiger partial charge on any atom is -0.364 e. The van der Waals surface area contributed by atoms with E-state index in [1.165, 1.54) is 0 Å². The van der Waals surface area contributed by atoms with E-state index >= 15 is 0 Å². The van der Waals surface area contributed by atoms with Crippen LogP contribution in [0.15, 0.2) is 60.8 Å². The van der Waals surface area contributed by atoms with E-state index in [1.807, 2.05) is 42.5 Å². The Labute approximate surface area is 195 Å². The number of nitrogens with one attached hydrogen (secondary N) is 1. The molecule has 2 aromatic carbocycles. The van der Waals surface area contributed by atoms with Gasteiger partial charge in [-0.05, 0) is 52.8 Å². The summed E-state index contributed by atoms with van der Waals surface area (Å²) in [5, 5.41) is 2.33. The van der Waals surface area contributed by atoms with Crippen molar-refractivity contribution in [2.45, 2.75) is 31.8 Å². The van der Waals surface area contributed by atoms with E-state index in [0.29, 0.717) is 24.9 Å². The molecule has 3 heterocycles. The van der Waals surface area contributed by atoms with Gasteiger partial charge in [-0.15, -0.1) is 0 Å². The lowest BCUT2D eigenvalue weighted by molar-refractivity contribution is -0.136. The lowest BCUT2D eigenvalue weighted by atomic mass is 9.95. The molecule has 3 aromatic rings. The summed E-state index contributed by atoms with van der Waals surface area (Å²) in [5.41, 5.74) is 10.8. The molecule has 8 nitrogen and oxygen atoms in total. The van der Waals surface area contributed by atoms with Crippen LogP contribution in [0.25, 0.3) is 11.1 Å². The van der Waals surface area contributed by atoms with Crippen molar-refractivity contribution in [2.24, 2.45) is 5.73 Å². The van der Waals surface area contributed by atoms with E-state index in [9.17, 15) is 19.2 Å². The van der Waals surface area contributed by atoms with Gasteiger partial charge in [-0.25, -0.2) is 0 Å². The number of rotatable bonds is 5. The molecular weight excluding hydrogens is 432 g/mol. The van der Waals surface area contributed by atoms with Crippen molar-refractivity contribution >= 4 is 23.6 Å². The van der Waals surface area contributed by atoms with Gasteiger partial charge >= 0.3 is 0 Å². The molecule has 1 unspecified atom stereocenters. The number of benzene rings is 2. The van der Waals surface area contributed by atoms with E-state index in [-0.39, 0.29) is 23.9 Å². The Hall–Kier alpha value is -4.33. The maximum atomic E-state index is 13.1. The van der Waals surface area contributed by atoms with Crippen LogP contribution in [-0.4, -0.2) is 39.6 Å². The van der Waals surface area contributed by atoms with Crippen LogP contribution in [0.5, 0.6) is 0 Å². The highest BCUT2D eigenvalue weighted by Gasteiger charge is 2.39. The van der Waals surface area contributed by atoms with E-state index in [1.54, 1.807) is 23.2 Å². The smallest absolute Gasteiger partial charge is 0.267 e. The number of pyridine rings is 1. The summed E-state index contributed by atoms with van der Waals surface area (Å²) in [6.07, 6.45) is 2.61. The molecule has 34 heavy (non-hydrogen) atoms. The molecule has 1 saturated heterocycles. The van der Waals surface area contributed by atoms with Crippen molar-refractivity contribution < 1.29 is 19.2 Å². The second-order valence-corrected chi connectivity index (χ2v) is 8.48. The molecule has 8 heteroatoms. The molecule has 1 aromatic heterocycles. The molecule has 0 saturated carbocycles. The monoisotopic (exact) mass is 454 g/mol. The predicted molar refractivity (Wildman–Crippen MR) is 123 cm³/mol. The van der Waals surface area contributed by atoms with Crippen molar-refractivity contribution in [1.29, 1.82) is 0 Å². The van der Waals surface area contributed by atoms with Crippen molar-refractivity contribution in [3.05, 3.63) is 88.7 Å². The second-order valence-electron chi connectivity index (χ2n) is 8.48. The third-order valence-corrected chi connectivity index (χ3v) is 6.37. The first-order valence-electron chi connectivity index (χ1n) is 11.0. The van der Waals surface area contributed by atoms with E-state index in [2.05, 4.69) is 10.3 Å². The molecule has 0 spiro atoms. The molecule has 0 radical (unpaired) electrons. The highest BCUT2D eigenvalue weighted by atomic mass is 16.2. The first-order chi connectivity index (χ1) is 16.4. The third kappa shape index (κ3) is 3.83. The quantitative estimate of drug-likeness (QED) is 0.572. The van der Waals surface area contributed by atoms with E-state index in [4.69, 9.17) is 5.73 Å². The molecule has 5 rings (SSSR count). The number of nitrogens with two attached hydrogens (primary N) is 1. The van der Waals surface area contributed by atoms with Gasteiger partial charge in [0, 0.05) is 24.7 Å². The summed E-state index contributed by atoms with van der Waals surface area (Å²) in [4.78, 5) is 54.2. The Balaban J connectivity index is 1.40. The van der Waals surface area contributed by atoms with Crippen LogP contribution < -0.4 is 11.1 Å². The number of carbonyl (C=O) groups excluding carboxylic acids is 4. The molecule has 4 amide bonds. The molecule has 170 valence electrons. The van der Waals surface area contributed by atoms with Gasteiger partial charge in [-0.1, -0.05) is 42.5 Å². The number of aromatic nitrogens is 1. The fraction of sp³-hybridized carbons (Fsp3) is 0.192. The fourth-order valence-electron chi connectivity index (χ4n) is 4.68. The number of nitrogens with zero attached hydrogens (tertiary/aromatic N) is 2. The summed E-state index contributed by atoms with van der Waals surface area (Å²) in [6, 6.07) is 16.4. The highest BCUT2D eigenvalue weighted by Crippen LogP contribution is 2.35. The molecule has 0 bridgehead atoms. The summed E-state index contributed by atoms with van der Waals surface area (Å²) in [7, 11) is 0. The predicted octanol–water partition coefficient (Wildman–Crippen LogP) is 2.20. The van der Waals surface area contributed by atoms with Gasteiger partial charge in [-0.3, -0.25) is 29.5 Å². The topological polar surface area (TPSA) is 122 Å². The molecule has 3 N–H and O–H groups in total. The van der Waals surface area contributed by atoms with Gasteiger partial charge in [-0.2, -0.15) is 0 Å². The maximum absolute atomic E-state index is 13.1. The Morgan fingerprint density at radius 1 is 1.03 bits per heavy atom. The number of hydrogen-bond donors (Lipinski definition) is 2. The molecule has 2 aliphatic rings. The van der Waals surface area contributed by atoms with Gasteiger partial charge in [0.05, 0.1) is 0 Å². The van der Waals surface area contributed by atoms with Crippen LogP contribution in [0.3, 0.4) is 0 Å². The number of primary amides is 1. The molecular formula is C26H22N4O4. The number of fused-ring (bicyclic) bond motifs is 1. The zero-order chi connectivity index (χ0) is 23.8. The van der Waals surface area contributed by atoms with Crippen molar-refractivity contribution in [3.63, 3.8) is 0 Å². The van der Waals surface area contributed by atoms with Crippen LogP contribution in [0.2, 0.25) is 0 Å². The average Bonchev–Trinajstić information content (AvgIpc) is 3.16. The van der Waals surface area contributed by atoms with Gasteiger partial charge in [0.25, 0.3) is 11.8 Å². The number of amides is 4. The number of carbonyl (C=O) groups is 4. The summed E-state index contributed by atoms with van der Waals surface area (Å²) >= 11 is 0. The van der Waals surface area contributed by atoms with Crippen LogP contribution in [0.4, 0.5) is 0 Å². The third-order valence-electron chi connectivity index (χ3n) is 6.37.